The Hall–Kier alpha value is -1.31. The minimum Gasteiger partial charge on any atom is -0.478 e. The number of hydrogen-bond acceptors (Lipinski definition) is 1. The SMILES string of the molecule is O=C(O)C1=C[C@@H]2C=C[C@@H]3C=C[C@H]1[C@H]32. The lowest BCUT2D eigenvalue weighted by Crippen LogP contribution is -2.15. The van der Waals surface area contributed by atoms with E-state index in [4.69, 9.17) is 5.11 Å². The van der Waals surface area contributed by atoms with Crippen LogP contribution in [-0.2, 0) is 4.79 Å². The van der Waals surface area contributed by atoms with E-state index in [0.717, 1.165) is 0 Å². The molecule has 2 nitrogen and oxygen atoms in total. The van der Waals surface area contributed by atoms with Crippen LogP contribution in [-0.4, -0.2) is 11.1 Å². The van der Waals surface area contributed by atoms with Gasteiger partial charge in [-0.25, -0.2) is 4.79 Å². The molecule has 3 rings (SSSR count). The zero-order valence-corrected chi connectivity index (χ0v) is 7.05. The summed E-state index contributed by atoms with van der Waals surface area (Å²) in [6, 6.07) is 0. The Bertz CT molecular complexity index is 362. The number of allylic oxidation sites excluding steroid dienone is 5. The van der Waals surface area contributed by atoms with Gasteiger partial charge in [0.15, 0.2) is 0 Å². The summed E-state index contributed by atoms with van der Waals surface area (Å²) in [5.74, 6) is 0.769. The standard InChI is InChI=1S/C11H10O2/c12-11(13)9-5-7-2-1-6-3-4-8(9)10(6)7/h1-8,10H,(H,12,13)/t6-,7+,8-,10-/m1/s1. The van der Waals surface area contributed by atoms with Gasteiger partial charge >= 0.3 is 5.97 Å². The second kappa shape index (κ2) is 2.13. The molecule has 0 spiro atoms. The number of aliphatic carboxylic acids is 1. The van der Waals surface area contributed by atoms with Crippen molar-refractivity contribution in [1.82, 2.24) is 0 Å². The van der Waals surface area contributed by atoms with E-state index in [1.54, 1.807) is 0 Å². The Labute approximate surface area is 76.3 Å². The van der Waals surface area contributed by atoms with Gasteiger partial charge in [-0.1, -0.05) is 30.4 Å². The van der Waals surface area contributed by atoms with Crippen LogP contribution < -0.4 is 0 Å². The molecule has 3 aliphatic rings. The lowest BCUT2D eigenvalue weighted by atomic mass is 9.87. The van der Waals surface area contributed by atoms with Gasteiger partial charge in [0.25, 0.3) is 0 Å². The van der Waals surface area contributed by atoms with Crippen molar-refractivity contribution < 1.29 is 9.90 Å². The predicted octanol–water partition coefficient (Wildman–Crippen LogP) is 1.62. The summed E-state index contributed by atoms with van der Waals surface area (Å²) < 4.78 is 0. The molecule has 0 fully saturated rings. The molecule has 0 aromatic carbocycles. The largest absolute Gasteiger partial charge is 0.478 e. The molecule has 0 amide bonds. The first-order valence-corrected chi connectivity index (χ1v) is 4.59. The van der Waals surface area contributed by atoms with Gasteiger partial charge in [-0.05, 0) is 11.8 Å². The Morgan fingerprint density at radius 3 is 2.62 bits per heavy atom. The minimum atomic E-state index is -0.752. The van der Waals surface area contributed by atoms with E-state index in [1.165, 1.54) is 0 Å². The average molecular weight is 174 g/mol. The van der Waals surface area contributed by atoms with Crippen LogP contribution in [0.3, 0.4) is 0 Å². The van der Waals surface area contributed by atoms with Crippen molar-refractivity contribution in [3.05, 3.63) is 36.0 Å². The summed E-state index contributed by atoms with van der Waals surface area (Å²) in [7, 11) is 0. The molecule has 0 saturated heterocycles. The number of carboxylic acids is 1. The third-order valence-electron chi connectivity index (χ3n) is 3.38. The topological polar surface area (TPSA) is 37.3 Å². The summed E-state index contributed by atoms with van der Waals surface area (Å²) in [6.07, 6.45) is 10.4. The summed E-state index contributed by atoms with van der Waals surface area (Å²) in [5.41, 5.74) is 0.595. The Morgan fingerprint density at radius 2 is 1.85 bits per heavy atom. The van der Waals surface area contributed by atoms with Gasteiger partial charge in [-0.3, -0.25) is 0 Å². The van der Waals surface area contributed by atoms with Gasteiger partial charge in [0.1, 0.15) is 0 Å². The summed E-state index contributed by atoms with van der Waals surface area (Å²) >= 11 is 0. The molecule has 0 unspecified atom stereocenters. The van der Waals surface area contributed by atoms with E-state index in [-0.39, 0.29) is 5.92 Å². The van der Waals surface area contributed by atoms with Crippen molar-refractivity contribution in [2.45, 2.75) is 0 Å². The molecule has 0 aliphatic heterocycles. The fourth-order valence-electron chi connectivity index (χ4n) is 2.83. The summed E-state index contributed by atoms with van der Waals surface area (Å²) in [4.78, 5) is 10.9. The van der Waals surface area contributed by atoms with Crippen molar-refractivity contribution in [3.8, 4) is 0 Å². The number of rotatable bonds is 1. The lowest BCUT2D eigenvalue weighted by molar-refractivity contribution is -0.133. The van der Waals surface area contributed by atoms with Crippen molar-refractivity contribution in [1.29, 1.82) is 0 Å². The predicted molar refractivity (Wildman–Crippen MR) is 48.0 cm³/mol. The normalized spacial score (nSPS) is 43.8. The van der Waals surface area contributed by atoms with Crippen molar-refractivity contribution in [3.63, 3.8) is 0 Å². The molecular formula is C11H10O2. The minimum absolute atomic E-state index is 0.169. The Balaban J connectivity index is 2.07. The van der Waals surface area contributed by atoms with Crippen LogP contribution in [0.5, 0.6) is 0 Å². The lowest BCUT2D eigenvalue weighted by Gasteiger charge is -2.15. The second-order valence-electron chi connectivity index (χ2n) is 3.95. The Kier molecular flexibility index (Phi) is 1.17. The highest BCUT2D eigenvalue weighted by molar-refractivity contribution is 5.89. The van der Waals surface area contributed by atoms with E-state index in [2.05, 4.69) is 24.3 Å². The maximum Gasteiger partial charge on any atom is 0.331 e. The molecule has 66 valence electrons. The Morgan fingerprint density at radius 1 is 1.15 bits per heavy atom. The van der Waals surface area contributed by atoms with E-state index < -0.39 is 5.97 Å². The van der Waals surface area contributed by atoms with Gasteiger partial charge in [0.2, 0.25) is 0 Å². The smallest absolute Gasteiger partial charge is 0.331 e. The van der Waals surface area contributed by atoms with E-state index in [0.29, 0.717) is 23.3 Å². The molecule has 4 atom stereocenters. The van der Waals surface area contributed by atoms with Gasteiger partial charge < -0.3 is 5.11 Å². The molecule has 2 heteroatoms. The number of hydrogen-bond donors (Lipinski definition) is 1. The monoisotopic (exact) mass is 174 g/mol. The molecule has 0 bridgehead atoms. The summed E-state index contributed by atoms with van der Waals surface area (Å²) in [5, 5.41) is 8.96. The first-order chi connectivity index (χ1) is 6.27. The first-order valence-electron chi connectivity index (χ1n) is 4.59. The molecule has 0 heterocycles. The third kappa shape index (κ3) is 0.755. The average Bonchev–Trinajstić information content (AvgIpc) is 2.72. The van der Waals surface area contributed by atoms with Crippen LogP contribution in [0.15, 0.2) is 36.0 Å². The molecule has 1 N–H and O–H groups in total. The molecule has 0 saturated carbocycles. The van der Waals surface area contributed by atoms with Gasteiger partial charge in [-0.2, -0.15) is 0 Å². The van der Waals surface area contributed by atoms with Crippen molar-refractivity contribution in [2.24, 2.45) is 23.7 Å². The molecule has 3 aliphatic carbocycles. The molecule has 0 aromatic heterocycles. The molecule has 0 aromatic rings. The van der Waals surface area contributed by atoms with Crippen molar-refractivity contribution in [2.75, 3.05) is 0 Å². The van der Waals surface area contributed by atoms with Crippen LogP contribution in [0.2, 0.25) is 0 Å². The number of carbonyl (C=O) groups is 1. The van der Waals surface area contributed by atoms with Crippen LogP contribution in [0, 0.1) is 23.7 Å². The quantitative estimate of drug-likeness (QED) is 0.613. The fourth-order valence-corrected chi connectivity index (χ4v) is 2.83. The second-order valence-corrected chi connectivity index (χ2v) is 3.95. The third-order valence-corrected chi connectivity index (χ3v) is 3.38. The fraction of sp³-hybridized carbons (Fsp3) is 0.364. The van der Waals surface area contributed by atoms with E-state index in [9.17, 15) is 4.79 Å². The van der Waals surface area contributed by atoms with Crippen LogP contribution in [0.1, 0.15) is 0 Å². The highest BCUT2D eigenvalue weighted by Gasteiger charge is 2.45. The maximum atomic E-state index is 10.9. The van der Waals surface area contributed by atoms with Gasteiger partial charge in [-0.15, -0.1) is 0 Å². The van der Waals surface area contributed by atoms with Crippen molar-refractivity contribution >= 4 is 5.97 Å². The number of carboxylic acid groups (broad SMARTS) is 1. The van der Waals surface area contributed by atoms with Crippen LogP contribution in [0.4, 0.5) is 0 Å². The molecular weight excluding hydrogens is 164 g/mol. The van der Waals surface area contributed by atoms with Gasteiger partial charge in [0.05, 0.1) is 0 Å². The highest BCUT2D eigenvalue weighted by Crippen LogP contribution is 2.50. The van der Waals surface area contributed by atoms with Crippen LogP contribution >= 0.6 is 0 Å². The van der Waals surface area contributed by atoms with Crippen LogP contribution in [0.25, 0.3) is 0 Å². The zero-order chi connectivity index (χ0) is 9.00. The summed E-state index contributed by atoms with van der Waals surface area (Å²) in [6.45, 7) is 0. The maximum absolute atomic E-state index is 10.9. The molecule has 0 radical (unpaired) electrons. The van der Waals surface area contributed by atoms with E-state index >= 15 is 0 Å². The van der Waals surface area contributed by atoms with E-state index in [1.807, 2.05) is 6.08 Å². The highest BCUT2D eigenvalue weighted by atomic mass is 16.4. The van der Waals surface area contributed by atoms with Gasteiger partial charge in [0, 0.05) is 17.4 Å². The molecule has 13 heavy (non-hydrogen) atoms. The first kappa shape index (κ1) is 7.13. The zero-order valence-electron chi connectivity index (χ0n) is 7.05.